The van der Waals surface area contributed by atoms with Gasteiger partial charge in [0.15, 0.2) is 18.6 Å². The number of allylic oxidation sites excluding steroid dienone is 1. The molecule has 52 valence electrons. The molecule has 0 bridgehead atoms. The summed E-state index contributed by atoms with van der Waals surface area (Å²) in [6.07, 6.45) is 8.05. The molecule has 1 aromatic heterocycles. The van der Waals surface area contributed by atoms with Crippen molar-refractivity contribution in [3.63, 3.8) is 0 Å². The van der Waals surface area contributed by atoms with Crippen LogP contribution in [0.4, 0.5) is 0 Å². The smallest absolute Gasteiger partial charge is 0.174 e. The average molecular weight is 199 g/mol. The zero-order valence-electron chi connectivity index (χ0n) is 5.57. The van der Waals surface area contributed by atoms with Crippen molar-refractivity contribution in [3.8, 4) is 0 Å². The summed E-state index contributed by atoms with van der Waals surface area (Å²) in [5, 5.41) is 0.898. The summed E-state index contributed by atoms with van der Waals surface area (Å²) in [7, 11) is 0. The quantitative estimate of drug-likeness (QED) is 0.505. The summed E-state index contributed by atoms with van der Waals surface area (Å²) in [5.74, 6) is 0. The van der Waals surface area contributed by atoms with E-state index in [0.717, 1.165) is 5.33 Å². The molecule has 0 unspecified atom stereocenters. The highest BCUT2D eigenvalue weighted by molar-refractivity contribution is 9.09. The first-order valence-corrected chi connectivity index (χ1v) is 4.24. The number of halogens is 1. The van der Waals surface area contributed by atoms with Crippen LogP contribution in [0.25, 0.3) is 6.20 Å². The topological polar surface area (TPSA) is 3.88 Å². The average Bonchev–Trinajstić information content (AvgIpc) is 2.03. The first-order chi connectivity index (χ1) is 4.93. The molecule has 0 aliphatic rings. The summed E-state index contributed by atoms with van der Waals surface area (Å²) in [6, 6.07) is 6.00. The van der Waals surface area contributed by atoms with Crippen molar-refractivity contribution < 1.29 is 4.57 Å². The predicted octanol–water partition coefficient (Wildman–Crippen LogP) is 1.84. The van der Waals surface area contributed by atoms with Crippen LogP contribution in [-0.4, -0.2) is 5.33 Å². The number of alkyl halides is 1. The summed E-state index contributed by atoms with van der Waals surface area (Å²) in [6.45, 7) is 0. The Morgan fingerprint density at radius 1 is 1.20 bits per heavy atom. The maximum Gasteiger partial charge on any atom is 0.174 e. The Hall–Kier alpha value is -0.630. The van der Waals surface area contributed by atoms with Crippen LogP contribution in [-0.2, 0) is 0 Å². The van der Waals surface area contributed by atoms with E-state index in [4.69, 9.17) is 0 Å². The molecule has 0 aliphatic heterocycles. The van der Waals surface area contributed by atoms with Crippen LogP contribution in [0.2, 0.25) is 0 Å². The van der Waals surface area contributed by atoms with Crippen LogP contribution >= 0.6 is 15.9 Å². The molecule has 0 spiro atoms. The fraction of sp³-hybridized carbons (Fsp3) is 0.125. The van der Waals surface area contributed by atoms with Gasteiger partial charge in [-0.05, 0) is 6.08 Å². The summed E-state index contributed by atoms with van der Waals surface area (Å²) < 4.78 is 2.00. The van der Waals surface area contributed by atoms with E-state index < -0.39 is 0 Å². The van der Waals surface area contributed by atoms with Crippen LogP contribution in [0.5, 0.6) is 0 Å². The number of aromatic nitrogens is 1. The molecule has 1 heterocycles. The van der Waals surface area contributed by atoms with E-state index in [9.17, 15) is 0 Å². The van der Waals surface area contributed by atoms with Gasteiger partial charge in [-0.15, -0.1) is 0 Å². The predicted molar refractivity (Wildman–Crippen MR) is 45.8 cm³/mol. The monoisotopic (exact) mass is 198 g/mol. The Morgan fingerprint density at radius 2 is 1.90 bits per heavy atom. The van der Waals surface area contributed by atoms with Gasteiger partial charge in [-0.1, -0.05) is 22.0 Å². The van der Waals surface area contributed by atoms with Gasteiger partial charge in [0.25, 0.3) is 0 Å². The number of hydrogen-bond acceptors (Lipinski definition) is 0. The second-order valence-electron chi connectivity index (χ2n) is 1.86. The molecule has 0 N–H and O–H groups in total. The highest BCUT2D eigenvalue weighted by Gasteiger charge is 1.86. The Labute approximate surface area is 69.1 Å². The maximum absolute atomic E-state index is 3.31. The van der Waals surface area contributed by atoms with Crippen molar-refractivity contribution in [2.24, 2.45) is 0 Å². The van der Waals surface area contributed by atoms with Crippen LogP contribution in [0.1, 0.15) is 0 Å². The summed E-state index contributed by atoms with van der Waals surface area (Å²) >= 11 is 3.31. The molecule has 0 fully saturated rings. The zero-order valence-corrected chi connectivity index (χ0v) is 7.16. The van der Waals surface area contributed by atoms with E-state index in [-0.39, 0.29) is 0 Å². The lowest BCUT2D eigenvalue weighted by Crippen LogP contribution is -2.23. The summed E-state index contributed by atoms with van der Waals surface area (Å²) in [4.78, 5) is 0. The molecule has 0 amide bonds. The molecule has 0 radical (unpaired) electrons. The fourth-order valence-corrected chi connectivity index (χ4v) is 0.840. The highest BCUT2D eigenvalue weighted by atomic mass is 79.9. The van der Waals surface area contributed by atoms with Crippen LogP contribution in [0, 0.1) is 0 Å². The van der Waals surface area contributed by atoms with Crippen molar-refractivity contribution in [2.75, 3.05) is 5.33 Å². The normalized spacial score (nSPS) is 10.5. The Kier molecular flexibility index (Phi) is 3.16. The van der Waals surface area contributed by atoms with Gasteiger partial charge in [-0.25, -0.2) is 0 Å². The molecule has 10 heavy (non-hydrogen) atoms. The molecule has 1 aromatic rings. The van der Waals surface area contributed by atoms with Crippen LogP contribution < -0.4 is 4.57 Å². The SMILES string of the molecule is BrCC=C[n+]1ccccc1. The highest BCUT2D eigenvalue weighted by Crippen LogP contribution is 1.81. The Bertz CT molecular complexity index is 206. The van der Waals surface area contributed by atoms with Crippen molar-refractivity contribution in [1.82, 2.24) is 0 Å². The molecule has 1 nitrogen and oxygen atoms in total. The fourth-order valence-electron chi connectivity index (χ4n) is 0.673. The molecular weight excluding hydrogens is 190 g/mol. The second kappa shape index (κ2) is 4.23. The van der Waals surface area contributed by atoms with Gasteiger partial charge in [0.1, 0.15) is 0 Å². The third-order valence-electron chi connectivity index (χ3n) is 1.11. The lowest BCUT2D eigenvalue weighted by molar-refractivity contribution is -0.568. The zero-order chi connectivity index (χ0) is 7.23. The number of rotatable bonds is 2. The van der Waals surface area contributed by atoms with Crippen LogP contribution in [0.15, 0.2) is 36.7 Å². The minimum absolute atomic E-state index is 0.898. The van der Waals surface area contributed by atoms with Gasteiger partial charge in [-0.2, -0.15) is 4.57 Å². The Balaban J connectivity index is 2.67. The van der Waals surface area contributed by atoms with Gasteiger partial charge in [0, 0.05) is 17.5 Å². The lowest BCUT2D eigenvalue weighted by Gasteiger charge is -1.82. The molecular formula is C8H9BrN+. The van der Waals surface area contributed by atoms with Gasteiger partial charge in [0.2, 0.25) is 0 Å². The molecule has 0 aliphatic carbocycles. The number of hydrogen-bond donors (Lipinski definition) is 0. The minimum Gasteiger partial charge on any atom is -0.174 e. The van der Waals surface area contributed by atoms with E-state index >= 15 is 0 Å². The standard InChI is InChI=1S/C8H9BrN/c9-5-4-8-10-6-2-1-3-7-10/h1-4,6-8H,5H2/q+1. The van der Waals surface area contributed by atoms with Crippen molar-refractivity contribution in [2.45, 2.75) is 0 Å². The minimum atomic E-state index is 0.898. The van der Waals surface area contributed by atoms with Gasteiger partial charge in [0.05, 0.1) is 0 Å². The number of nitrogens with zero attached hydrogens (tertiary/aromatic N) is 1. The first-order valence-electron chi connectivity index (χ1n) is 3.12. The van der Waals surface area contributed by atoms with E-state index in [2.05, 4.69) is 15.9 Å². The second-order valence-corrected chi connectivity index (χ2v) is 2.51. The molecule has 0 saturated carbocycles. The first kappa shape index (κ1) is 7.48. The summed E-state index contributed by atoms with van der Waals surface area (Å²) in [5.41, 5.74) is 0. The van der Waals surface area contributed by atoms with E-state index in [1.807, 2.05) is 47.4 Å². The molecule has 1 rings (SSSR count). The third-order valence-corrected chi connectivity index (χ3v) is 1.48. The van der Waals surface area contributed by atoms with E-state index in [1.165, 1.54) is 0 Å². The molecule has 0 aromatic carbocycles. The van der Waals surface area contributed by atoms with Gasteiger partial charge in [-0.3, -0.25) is 0 Å². The van der Waals surface area contributed by atoms with Crippen molar-refractivity contribution in [1.29, 1.82) is 0 Å². The molecule has 2 heteroatoms. The van der Waals surface area contributed by atoms with Gasteiger partial charge < -0.3 is 0 Å². The third kappa shape index (κ3) is 2.31. The van der Waals surface area contributed by atoms with E-state index in [0.29, 0.717) is 0 Å². The maximum atomic E-state index is 3.31. The molecule has 0 saturated heterocycles. The van der Waals surface area contributed by atoms with Gasteiger partial charge >= 0.3 is 0 Å². The van der Waals surface area contributed by atoms with Crippen molar-refractivity contribution in [3.05, 3.63) is 36.7 Å². The molecule has 0 atom stereocenters. The van der Waals surface area contributed by atoms with E-state index in [1.54, 1.807) is 0 Å². The number of pyridine rings is 1. The Morgan fingerprint density at radius 3 is 2.50 bits per heavy atom. The largest absolute Gasteiger partial charge is 0.174 e. The van der Waals surface area contributed by atoms with Crippen LogP contribution in [0.3, 0.4) is 0 Å². The van der Waals surface area contributed by atoms with Crippen molar-refractivity contribution >= 4 is 22.1 Å². The lowest BCUT2D eigenvalue weighted by atomic mass is 10.5.